The fourth-order valence-electron chi connectivity index (χ4n) is 4.91. The van der Waals surface area contributed by atoms with Gasteiger partial charge in [0, 0.05) is 35.0 Å². The van der Waals surface area contributed by atoms with E-state index in [1.807, 2.05) is 10.9 Å². The number of carboxylic acid groups (broad SMARTS) is 1. The average Bonchev–Trinajstić information content (AvgIpc) is 3.57. The molecule has 180 valence electrons. The van der Waals surface area contributed by atoms with Gasteiger partial charge in [-0.05, 0) is 42.8 Å². The van der Waals surface area contributed by atoms with Crippen LogP contribution in [0.25, 0.3) is 0 Å². The maximum Gasteiger partial charge on any atom is 0.353 e. The van der Waals surface area contributed by atoms with Crippen LogP contribution in [0.1, 0.15) is 19.8 Å². The fraction of sp³-hybridized carbons (Fsp3) is 0.550. The molecule has 0 aromatic carbocycles. The van der Waals surface area contributed by atoms with Crippen molar-refractivity contribution in [1.29, 1.82) is 0 Å². The predicted octanol–water partition coefficient (Wildman–Crippen LogP) is -0.697. The van der Waals surface area contributed by atoms with Crippen LogP contribution in [0.4, 0.5) is 0 Å². The minimum Gasteiger partial charge on any atom is -0.477 e. The van der Waals surface area contributed by atoms with Crippen molar-refractivity contribution in [1.82, 2.24) is 45.5 Å². The molecule has 3 N–H and O–H groups in total. The zero-order valence-corrected chi connectivity index (χ0v) is 19.3. The number of fused-ring (bicyclic) bond motifs is 1. The Bertz CT molecular complexity index is 1130. The molecule has 13 nitrogen and oxygen atoms in total. The third-order valence-electron chi connectivity index (χ3n) is 6.45. The summed E-state index contributed by atoms with van der Waals surface area (Å²) < 4.78 is 3.18. The third-order valence-corrected chi connectivity index (χ3v) is 7.51. The number of aromatic nitrogens is 6. The second-order valence-corrected chi connectivity index (χ2v) is 9.97. The van der Waals surface area contributed by atoms with Crippen LogP contribution in [0.2, 0.25) is 0 Å². The number of amides is 2. The summed E-state index contributed by atoms with van der Waals surface area (Å²) in [4.78, 5) is 40.0. The summed E-state index contributed by atoms with van der Waals surface area (Å²) in [5.74, 6) is -1.71. The SMILES string of the molecule is C[C@@H](NC(=O)Cn1cnnn1)[C@H]1C(=O)N2C(C(=O)O)=C(Sc3cnn(C[C@@H]4CCNC4)c3)C[C@H]12. The Labute approximate surface area is 198 Å². The Morgan fingerprint density at radius 3 is 2.94 bits per heavy atom. The fourth-order valence-corrected chi connectivity index (χ4v) is 6.00. The number of tetrazole rings is 1. The first kappa shape index (κ1) is 22.5. The lowest BCUT2D eigenvalue weighted by molar-refractivity contribution is -0.156. The lowest BCUT2D eigenvalue weighted by Crippen LogP contribution is -2.64. The highest BCUT2D eigenvalue weighted by Gasteiger charge is 2.57. The molecule has 2 amide bonds. The molecule has 34 heavy (non-hydrogen) atoms. The van der Waals surface area contributed by atoms with Gasteiger partial charge in [0.1, 0.15) is 18.6 Å². The van der Waals surface area contributed by atoms with Gasteiger partial charge in [-0.15, -0.1) is 5.10 Å². The van der Waals surface area contributed by atoms with E-state index in [2.05, 4.69) is 31.3 Å². The van der Waals surface area contributed by atoms with Crippen molar-refractivity contribution in [3.63, 3.8) is 0 Å². The molecular weight excluding hydrogens is 462 g/mol. The summed E-state index contributed by atoms with van der Waals surface area (Å²) in [6.45, 7) is 4.50. The molecule has 3 aliphatic heterocycles. The summed E-state index contributed by atoms with van der Waals surface area (Å²) in [5.41, 5.74) is 0.0243. The van der Waals surface area contributed by atoms with E-state index in [-0.39, 0.29) is 30.1 Å². The Hall–Kier alpha value is -3.26. The first-order valence-corrected chi connectivity index (χ1v) is 11.9. The van der Waals surface area contributed by atoms with Gasteiger partial charge in [0.05, 0.1) is 18.2 Å². The zero-order valence-electron chi connectivity index (χ0n) is 18.5. The molecule has 3 aliphatic rings. The van der Waals surface area contributed by atoms with Crippen molar-refractivity contribution in [2.75, 3.05) is 13.1 Å². The average molecular weight is 488 g/mol. The van der Waals surface area contributed by atoms with Crippen LogP contribution in [-0.2, 0) is 27.5 Å². The molecule has 0 spiro atoms. The number of hydrogen-bond acceptors (Lipinski definition) is 9. The Balaban J connectivity index is 1.24. The smallest absolute Gasteiger partial charge is 0.353 e. The minimum atomic E-state index is -1.13. The van der Waals surface area contributed by atoms with Crippen LogP contribution in [0, 0.1) is 11.8 Å². The molecule has 0 saturated carbocycles. The van der Waals surface area contributed by atoms with Crippen LogP contribution in [-0.4, -0.2) is 83.0 Å². The molecule has 0 aliphatic carbocycles. The van der Waals surface area contributed by atoms with Crippen molar-refractivity contribution >= 4 is 29.5 Å². The van der Waals surface area contributed by atoms with Crippen molar-refractivity contribution < 1.29 is 19.5 Å². The minimum absolute atomic E-state index is 0.0243. The highest BCUT2D eigenvalue weighted by atomic mass is 32.2. The van der Waals surface area contributed by atoms with Gasteiger partial charge in [-0.25, -0.2) is 9.48 Å². The Kier molecular flexibility index (Phi) is 6.08. The van der Waals surface area contributed by atoms with E-state index in [4.69, 9.17) is 0 Å². The number of carbonyl (C=O) groups excluding carboxylic acids is 2. The largest absolute Gasteiger partial charge is 0.477 e. The second kappa shape index (κ2) is 9.18. The molecule has 2 fully saturated rings. The number of nitrogens with one attached hydrogen (secondary N) is 2. The first-order chi connectivity index (χ1) is 16.4. The maximum atomic E-state index is 12.9. The number of carboxylic acids is 1. The topological polar surface area (TPSA) is 160 Å². The summed E-state index contributed by atoms with van der Waals surface area (Å²) >= 11 is 1.34. The van der Waals surface area contributed by atoms with Gasteiger partial charge in [0.25, 0.3) is 0 Å². The molecule has 2 aromatic heterocycles. The molecule has 2 aromatic rings. The van der Waals surface area contributed by atoms with Gasteiger partial charge in [0.15, 0.2) is 0 Å². The van der Waals surface area contributed by atoms with E-state index in [1.165, 1.54) is 27.7 Å². The normalized spacial score (nSPS) is 24.8. The Morgan fingerprint density at radius 2 is 2.24 bits per heavy atom. The van der Waals surface area contributed by atoms with Gasteiger partial charge < -0.3 is 20.6 Å². The van der Waals surface area contributed by atoms with Crippen molar-refractivity contribution in [2.24, 2.45) is 11.8 Å². The van der Waals surface area contributed by atoms with Crippen molar-refractivity contribution in [2.45, 2.75) is 49.8 Å². The predicted molar refractivity (Wildman–Crippen MR) is 118 cm³/mol. The highest BCUT2D eigenvalue weighted by molar-refractivity contribution is 8.03. The number of hydrogen-bond donors (Lipinski definition) is 3. The summed E-state index contributed by atoms with van der Waals surface area (Å²) in [5, 5.41) is 31.0. The number of rotatable bonds is 9. The number of aliphatic carboxylic acids is 1. The van der Waals surface area contributed by atoms with Crippen LogP contribution in [0.3, 0.4) is 0 Å². The van der Waals surface area contributed by atoms with Crippen LogP contribution < -0.4 is 10.6 Å². The molecule has 2 saturated heterocycles. The number of β-lactam (4-membered cyclic amide) rings is 1. The number of nitrogens with zero attached hydrogens (tertiary/aromatic N) is 7. The quantitative estimate of drug-likeness (QED) is 0.386. The lowest BCUT2D eigenvalue weighted by Gasteiger charge is -2.46. The van der Waals surface area contributed by atoms with E-state index in [9.17, 15) is 19.5 Å². The van der Waals surface area contributed by atoms with Gasteiger partial charge in [-0.2, -0.15) is 5.10 Å². The number of carbonyl (C=O) groups is 3. The maximum absolute atomic E-state index is 12.9. The summed E-state index contributed by atoms with van der Waals surface area (Å²) in [6.07, 6.45) is 6.52. The number of thioether (sulfide) groups is 1. The monoisotopic (exact) mass is 487 g/mol. The molecule has 5 heterocycles. The van der Waals surface area contributed by atoms with Gasteiger partial charge in [0.2, 0.25) is 11.8 Å². The second-order valence-electron chi connectivity index (χ2n) is 8.80. The van der Waals surface area contributed by atoms with E-state index >= 15 is 0 Å². The molecule has 4 atom stereocenters. The van der Waals surface area contributed by atoms with Crippen LogP contribution >= 0.6 is 11.8 Å². The van der Waals surface area contributed by atoms with Gasteiger partial charge >= 0.3 is 5.97 Å². The van der Waals surface area contributed by atoms with Crippen LogP contribution in [0.15, 0.2) is 34.2 Å². The van der Waals surface area contributed by atoms with Crippen molar-refractivity contribution in [3.8, 4) is 0 Å². The standard InChI is InChI=1S/C20H25N9O4S/c1-11(24-16(30)9-28-10-22-25-26-28)17-14-4-15(18(20(32)33)29(14)19(17)31)34-13-6-23-27(8-13)7-12-2-3-21-5-12/h6,8,10-12,14,17,21H,2-5,7,9H2,1H3,(H,24,30)(H,32,33)/t11-,12-,14-,17-/m1/s1. The molecular formula is C20H25N9O4S. The first-order valence-electron chi connectivity index (χ1n) is 11.1. The van der Waals surface area contributed by atoms with Crippen LogP contribution in [0.5, 0.6) is 0 Å². The van der Waals surface area contributed by atoms with Crippen molar-refractivity contribution in [3.05, 3.63) is 29.3 Å². The molecule has 0 radical (unpaired) electrons. The molecule has 5 rings (SSSR count). The summed E-state index contributed by atoms with van der Waals surface area (Å²) in [7, 11) is 0. The molecule has 14 heteroatoms. The van der Waals surface area contributed by atoms with E-state index in [0.717, 1.165) is 31.0 Å². The molecule has 0 unspecified atom stereocenters. The zero-order chi connectivity index (χ0) is 23.8. The molecule has 0 bridgehead atoms. The van der Waals surface area contributed by atoms with Gasteiger partial charge in [-0.3, -0.25) is 14.3 Å². The van der Waals surface area contributed by atoms with E-state index in [1.54, 1.807) is 13.1 Å². The summed E-state index contributed by atoms with van der Waals surface area (Å²) in [6, 6.07) is -0.760. The van der Waals surface area contributed by atoms with E-state index in [0.29, 0.717) is 17.2 Å². The third kappa shape index (κ3) is 4.30. The Morgan fingerprint density at radius 1 is 1.38 bits per heavy atom. The van der Waals surface area contributed by atoms with E-state index < -0.39 is 17.9 Å². The van der Waals surface area contributed by atoms with Gasteiger partial charge in [-0.1, -0.05) is 11.8 Å². The highest BCUT2D eigenvalue weighted by Crippen LogP contribution is 2.48. The lowest BCUT2D eigenvalue weighted by atomic mass is 9.82.